The van der Waals surface area contributed by atoms with Gasteiger partial charge in [0.2, 0.25) is 0 Å². The lowest BCUT2D eigenvalue weighted by molar-refractivity contribution is 0.581. The molecule has 0 aliphatic carbocycles. The maximum Gasteiger partial charge on any atom is 0.0909 e. The van der Waals surface area contributed by atoms with E-state index >= 15 is 0 Å². The minimum atomic E-state index is 0.188. The van der Waals surface area contributed by atoms with E-state index in [9.17, 15) is 0 Å². The molecule has 0 fully saturated rings. The van der Waals surface area contributed by atoms with Gasteiger partial charge in [-0.1, -0.05) is 13.0 Å². The summed E-state index contributed by atoms with van der Waals surface area (Å²) in [5.74, 6) is 1.01. The highest BCUT2D eigenvalue weighted by Gasteiger charge is 2.04. The summed E-state index contributed by atoms with van der Waals surface area (Å²) in [4.78, 5) is 4.11. The first kappa shape index (κ1) is 12.9. The molecule has 13 heavy (non-hydrogen) atoms. The largest absolute Gasteiger partial charge is 0.388 e. The molecule has 0 spiro atoms. The van der Waals surface area contributed by atoms with Crippen LogP contribution in [0.5, 0.6) is 0 Å². The molecule has 0 aliphatic rings. The quantitative estimate of drug-likeness (QED) is 0.471. The van der Waals surface area contributed by atoms with E-state index in [-0.39, 0.29) is 6.04 Å². The molecule has 4 heteroatoms. The van der Waals surface area contributed by atoms with Gasteiger partial charge in [-0.15, -0.1) is 0 Å². The molecular formula is C9H18IN3. The van der Waals surface area contributed by atoms with Gasteiger partial charge in [0.15, 0.2) is 0 Å². The first-order valence-corrected chi connectivity index (χ1v) is 5.39. The van der Waals surface area contributed by atoms with E-state index in [1.807, 2.05) is 6.92 Å². The van der Waals surface area contributed by atoms with Crippen LogP contribution in [0.1, 0.15) is 20.8 Å². The van der Waals surface area contributed by atoms with Crippen LogP contribution >= 0.6 is 22.6 Å². The Labute approximate surface area is 93.8 Å². The van der Waals surface area contributed by atoms with Gasteiger partial charge < -0.3 is 11.5 Å². The molecule has 0 saturated carbocycles. The van der Waals surface area contributed by atoms with Crippen LogP contribution in [-0.4, -0.2) is 18.4 Å². The zero-order valence-corrected chi connectivity index (χ0v) is 10.6. The van der Waals surface area contributed by atoms with Crippen LogP contribution in [0.25, 0.3) is 0 Å². The topological polar surface area (TPSA) is 64.4 Å². The third-order valence-electron chi connectivity index (χ3n) is 1.75. The second kappa shape index (κ2) is 6.37. The maximum atomic E-state index is 5.73. The summed E-state index contributed by atoms with van der Waals surface area (Å²) in [7, 11) is 0. The van der Waals surface area contributed by atoms with Crippen LogP contribution in [-0.2, 0) is 0 Å². The van der Waals surface area contributed by atoms with Gasteiger partial charge in [0, 0.05) is 9.62 Å². The second-order valence-corrected chi connectivity index (χ2v) is 4.67. The van der Waals surface area contributed by atoms with Crippen LogP contribution in [0.15, 0.2) is 14.6 Å². The predicted octanol–water partition coefficient (Wildman–Crippen LogP) is 1.67. The van der Waals surface area contributed by atoms with Crippen molar-refractivity contribution in [1.29, 1.82) is 0 Å². The fraction of sp³-hybridized carbons (Fsp3) is 0.667. The molecule has 0 heterocycles. The highest BCUT2D eigenvalue weighted by atomic mass is 127. The Bertz CT molecular complexity index is 205. The number of nitrogens with two attached hydrogens (primary N) is 2. The van der Waals surface area contributed by atoms with E-state index in [1.54, 1.807) is 6.92 Å². The molecule has 0 aromatic heterocycles. The molecule has 0 saturated heterocycles. The lowest BCUT2D eigenvalue weighted by Gasteiger charge is -2.10. The van der Waals surface area contributed by atoms with Crippen molar-refractivity contribution in [3.63, 3.8) is 0 Å². The average molecular weight is 295 g/mol. The minimum Gasteiger partial charge on any atom is -0.388 e. The van der Waals surface area contributed by atoms with Crippen molar-refractivity contribution < 1.29 is 0 Å². The van der Waals surface area contributed by atoms with E-state index < -0.39 is 0 Å². The Kier molecular flexibility index (Phi) is 6.32. The van der Waals surface area contributed by atoms with Crippen molar-refractivity contribution >= 4 is 28.4 Å². The van der Waals surface area contributed by atoms with Crippen molar-refractivity contribution in [2.45, 2.75) is 26.8 Å². The van der Waals surface area contributed by atoms with E-state index in [0.29, 0.717) is 18.3 Å². The molecule has 76 valence electrons. The van der Waals surface area contributed by atoms with Crippen molar-refractivity contribution in [3.05, 3.63) is 9.66 Å². The summed E-state index contributed by atoms with van der Waals surface area (Å²) >= 11 is 2.27. The summed E-state index contributed by atoms with van der Waals surface area (Å²) in [6, 6.07) is 0.188. The minimum absolute atomic E-state index is 0.188. The van der Waals surface area contributed by atoms with E-state index in [0.717, 1.165) is 0 Å². The summed E-state index contributed by atoms with van der Waals surface area (Å²) in [6.45, 7) is 6.56. The van der Waals surface area contributed by atoms with E-state index in [2.05, 4.69) is 40.6 Å². The fourth-order valence-corrected chi connectivity index (χ4v) is 1.43. The third-order valence-corrected chi connectivity index (χ3v) is 2.45. The van der Waals surface area contributed by atoms with Gasteiger partial charge in [0.1, 0.15) is 0 Å². The molecule has 0 bridgehead atoms. The maximum absolute atomic E-state index is 5.73. The molecule has 0 rings (SSSR count). The molecule has 3 nitrogen and oxygen atoms in total. The highest BCUT2D eigenvalue weighted by molar-refractivity contribution is 14.1. The molecular weight excluding hydrogens is 277 g/mol. The first-order chi connectivity index (χ1) is 5.93. The van der Waals surface area contributed by atoms with E-state index in [1.165, 1.54) is 3.58 Å². The van der Waals surface area contributed by atoms with Crippen molar-refractivity contribution in [2.75, 3.05) is 6.54 Å². The molecule has 0 amide bonds. The number of halogens is 1. The second-order valence-electron chi connectivity index (χ2n) is 3.29. The summed E-state index contributed by atoms with van der Waals surface area (Å²) in [5, 5.41) is 0. The van der Waals surface area contributed by atoms with Gasteiger partial charge in [-0.25, -0.2) is 0 Å². The lowest BCUT2D eigenvalue weighted by Crippen LogP contribution is -2.22. The molecule has 2 unspecified atom stereocenters. The fourth-order valence-electron chi connectivity index (χ4n) is 0.690. The van der Waals surface area contributed by atoms with Gasteiger partial charge in [0.25, 0.3) is 0 Å². The third kappa shape index (κ3) is 7.01. The zero-order valence-electron chi connectivity index (χ0n) is 8.42. The SMILES string of the molecule is CC(N)=NC/C(I)=C\C(C)C(C)N. The standard InChI is InChI=1S/C9H18IN3/c1-6(7(2)11)4-9(10)5-13-8(3)12/h4,6-7H,5,11H2,1-3H3,(H2,12,13)/b9-4+. The Morgan fingerprint density at radius 1 is 1.54 bits per heavy atom. The Morgan fingerprint density at radius 3 is 2.46 bits per heavy atom. The summed E-state index contributed by atoms with van der Waals surface area (Å²) < 4.78 is 1.19. The van der Waals surface area contributed by atoms with Gasteiger partial charge in [-0.2, -0.15) is 0 Å². The number of rotatable bonds is 4. The number of hydrogen-bond acceptors (Lipinski definition) is 2. The van der Waals surface area contributed by atoms with E-state index in [4.69, 9.17) is 11.5 Å². The van der Waals surface area contributed by atoms with Crippen molar-refractivity contribution in [1.82, 2.24) is 0 Å². The molecule has 4 N–H and O–H groups in total. The molecule has 0 aliphatic heterocycles. The number of aliphatic imine (C=N–C) groups is 1. The Hall–Kier alpha value is -0.100. The average Bonchev–Trinajstić information content (AvgIpc) is 2.00. The zero-order chi connectivity index (χ0) is 10.4. The van der Waals surface area contributed by atoms with Crippen LogP contribution in [0.3, 0.4) is 0 Å². The number of nitrogens with zero attached hydrogens (tertiary/aromatic N) is 1. The monoisotopic (exact) mass is 295 g/mol. The lowest BCUT2D eigenvalue weighted by atomic mass is 10.0. The van der Waals surface area contributed by atoms with Crippen LogP contribution < -0.4 is 11.5 Å². The van der Waals surface area contributed by atoms with Crippen LogP contribution in [0.4, 0.5) is 0 Å². The molecule has 0 radical (unpaired) electrons. The van der Waals surface area contributed by atoms with Crippen LogP contribution in [0, 0.1) is 5.92 Å². The molecule has 0 aromatic carbocycles. The van der Waals surface area contributed by atoms with Gasteiger partial charge in [0.05, 0.1) is 12.4 Å². The van der Waals surface area contributed by atoms with Gasteiger partial charge in [-0.3, -0.25) is 4.99 Å². The van der Waals surface area contributed by atoms with Gasteiger partial charge in [-0.05, 0) is 42.4 Å². The summed E-state index contributed by atoms with van der Waals surface area (Å²) in [5.41, 5.74) is 11.2. The Morgan fingerprint density at radius 2 is 2.08 bits per heavy atom. The van der Waals surface area contributed by atoms with Crippen molar-refractivity contribution in [3.8, 4) is 0 Å². The number of amidine groups is 1. The van der Waals surface area contributed by atoms with Gasteiger partial charge >= 0.3 is 0 Å². The van der Waals surface area contributed by atoms with Crippen LogP contribution in [0.2, 0.25) is 0 Å². The van der Waals surface area contributed by atoms with Crippen molar-refractivity contribution in [2.24, 2.45) is 22.4 Å². The molecule has 2 atom stereocenters. The first-order valence-electron chi connectivity index (χ1n) is 4.31. The summed E-state index contributed by atoms with van der Waals surface area (Å²) in [6.07, 6.45) is 2.14. The normalized spacial score (nSPS) is 18.5. The molecule has 0 aromatic rings. The Balaban J connectivity index is 4.09. The number of hydrogen-bond donors (Lipinski definition) is 2. The smallest absolute Gasteiger partial charge is 0.0909 e. The predicted molar refractivity (Wildman–Crippen MR) is 67.1 cm³/mol. The highest BCUT2D eigenvalue weighted by Crippen LogP contribution is 2.12.